The summed E-state index contributed by atoms with van der Waals surface area (Å²) < 4.78 is 10.0. The van der Waals surface area contributed by atoms with Crippen molar-refractivity contribution in [3.8, 4) is 0 Å². The molecular formula is C22H33N3O5. The molecule has 1 aliphatic heterocycles. The molecule has 2 fully saturated rings. The summed E-state index contributed by atoms with van der Waals surface area (Å²) in [5.74, 6) is -0.462. The molecule has 1 aromatic heterocycles. The molecule has 8 nitrogen and oxygen atoms in total. The number of ether oxygens (including phenoxy) is 2. The van der Waals surface area contributed by atoms with Gasteiger partial charge in [0.15, 0.2) is 0 Å². The molecule has 30 heavy (non-hydrogen) atoms. The Morgan fingerprint density at radius 2 is 1.87 bits per heavy atom. The standard InChI is InChI=1S/C22H33N3O5/c1-4-30-22(28)17-13-16(21(27)29-3)14(2)23-20(17)25-11-9-15(10-12-25)24-18-7-5-6-8-19(18)26/h13,15,18-19,24,26H,4-12H2,1-3H3/t18-,19+/m1/s1. The maximum Gasteiger partial charge on any atom is 0.341 e. The van der Waals surface area contributed by atoms with Crippen molar-refractivity contribution >= 4 is 17.8 Å². The van der Waals surface area contributed by atoms with Gasteiger partial charge < -0.3 is 24.8 Å². The van der Waals surface area contributed by atoms with Crippen molar-refractivity contribution in [3.63, 3.8) is 0 Å². The molecule has 166 valence electrons. The zero-order chi connectivity index (χ0) is 21.7. The van der Waals surface area contributed by atoms with E-state index in [2.05, 4.69) is 15.2 Å². The Balaban J connectivity index is 1.74. The molecule has 0 radical (unpaired) electrons. The second-order valence-corrected chi connectivity index (χ2v) is 8.09. The molecule has 1 aliphatic carbocycles. The molecule has 2 atom stereocenters. The molecule has 2 N–H and O–H groups in total. The number of nitrogens with zero attached hydrogens (tertiary/aromatic N) is 2. The summed E-state index contributed by atoms with van der Waals surface area (Å²) in [6.45, 7) is 5.20. The number of methoxy groups -OCH3 is 1. The first kappa shape index (κ1) is 22.5. The van der Waals surface area contributed by atoms with Crippen LogP contribution in [0.3, 0.4) is 0 Å². The molecule has 0 spiro atoms. The van der Waals surface area contributed by atoms with Crippen molar-refractivity contribution in [1.82, 2.24) is 10.3 Å². The lowest BCUT2D eigenvalue weighted by molar-refractivity contribution is 0.0526. The molecule has 1 aromatic rings. The highest BCUT2D eigenvalue weighted by atomic mass is 16.5. The lowest BCUT2D eigenvalue weighted by atomic mass is 9.91. The largest absolute Gasteiger partial charge is 0.465 e. The second kappa shape index (κ2) is 10.2. The maximum absolute atomic E-state index is 12.6. The highest BCUT2D eigenvalue weighted by Gasteiger charge is 2.30. The van der Waals surface area contributed by atoms with Gasteiger partial charge in [0.1, 0.15) is 11.4 Å². The summed E-state index contributed by atoms with van der Waals surface area (Å²) in [4.78, 5) is 31.3. The fraction of sp³-hybridized carbons (Fsp3) is 0.682. The first-order valence-corrected chi connectivity index (χ1v) is 10.9. The number of pyridine rings is 1. The van der Waals surface area contributed by atoms with Crippen LogP contribution in [0.25, 0.3) is 0 Å². The Labute approximate surface area is 177 Å². The van der Waals surface area contributed by atoms with Gasteiger partial charge in [-0.25, -0.2) is 14.6 Å². The Morgan fingerprint density at radius 1 is 1.17 bits per heavy atom. The number of aliphatic hydroxyl groups excluding tert-OH is 1. The van der Waals surface area contributed by atoms with Gasteiger partial charge in [-0.1, -0.05) is 12.8 Å². The number of aliphatic hydroxyl groups is 1. The van der Waals surface area contributed by atoms with Gasteiger partial charge in [0.2, 0.25) is 0 Å². The minimum atomic E-state index is -0.522. The average Bonchev–Trinajstić information content (AvgIpc) is 2.75. The zero-order valence-electron chi connectivity index (χ0n) is 18.1. The fourth-order valence-corrected chi connectivity index (χ4v) is 4.38. The quantitative estimate of drug-likeness (QED) is 0.677. The van der Waals surface area contributed by atoms with Gasteiger partial charge in [-0.15, -0.1) is 0 Å². The van der Waals surface area contributed by atoms with E-state index in [1.54, 1.807) is 13.8 Å². The van der Waals surface area contributed by atoms with E-state index in [9.17, 15) is 14.7 Å². The van der Waals surface area contributed by atoms with Crippen LogP contribution in [0.5, 0.6) is 0 Å². The number of anilines is 1. The highest BCUT2D eigenvalue weighted by Crippen LogP contribution is 2.27. The van der Waals surface area contributed by atoms with Crippen molar-refractivity contribution < 1.29 is 24.2 Å². The molecule has 0 amide bonds. The number of hydrogen-bond acceptors (Lipinski definition) is 8. The number of aromatic nitrogens is 1. The first-order valence-electron chi connectivity index (χ1n) is 10.9. The van der Waals surface area contributed by atoms with Crippen LogP contribution in [0.15, 0.2) is 6.07 Å². The summed E-state index contributed by atoms with van der Waals surface area (Å²) in [5.41, 5.74) is 1.08. The summed E-state index contributed by atoms with van der Waals surface area (Å²) in [7, 11) is 1.31. The number of piperidine rings is 1. The van der Waals surface area contributed by atoms with Crippen molar-refractivity contribution in [2.24, 2.45) is 0 Å². The number of carbonyl (C=O) groups excluding carboxylic acids is 2. The zero-order valence-corrected chi connectivity index (χ0v) is 18.1. The Hall–Kier alpha value is -2.19. The maximum atomic E-state index is 12.6. The van der Waals surface area contributed by atoms with Gasteiger partial charge in [-0.2, -0.15) is 0 Å². The molecule has 2 aliphatic rings. The summed E-state index contributed by atoms with van der Waals surface area (Å²) in [6.07, 6.45) is 5.67. The third-order valence-electron chi connectivity index (χ3n) is 6.07. The number of rotatable bonds is 6. The second-order valence-electron chi connectivity index (χ2n) is 8.09. The van der Waals surface area contributed by atoms with Crippen LogP contribution in [0.1, 0.15) is 71.9 Å². The molecule has 0 unspecified atom stereocenters. The van der Waals surface area contributed by atoms with Crippen molar-refractivity contribution in [2.75, 3.05) is 31.7 Å². The van der Waals surface area contributed by atoms with E-state index in [-0.39, 0.29) is 29.9 Å². The molecule has 2 heterocycles. The Kier molecular flexibility index (Phi) is 7.66. The third kappa shape index (κ3) is 5.10. The van der Waals surface area contributed by atoms with Gasteiger partial charge in [0.05, 0.1) is 31.1 Å². The molecule has 0 aromatic carbocycles. The minimum absolute atomic E-state index is 0.171. The molecular weight excluding hydrogens is 386 g/mol. The van der Waals surface area contributed by atoms with E-state index in [4.69, 9.17) is 9.47 Å². The van der Waals surface area contributed by atoms with E-state index in [0.29, 0.717) is 17.6 Å². The van der Waals surface area contributed by atoms with Crippen LogP contribution in [0.2, 0.25) is 0 Å². The Morgan fingerprint density at radius 3 is 2.50 bits per heavy atom. The van der Waals surface area contributed by atoms with Crippen LogP contribution in [0.4, 0.5) is 5.82 Å². The lowest BCUT2D eigenvalue weighted by Gasteiger charge is -2.38. The van der Waals surface area contributed by atoms with Crippen LogP contribution in [-0.4, -0.2) is 67.0 Å². The van der Waals surface area contributed by atoms with Crippen LogP contribution >= 0.6 is 0 Å². The molecule has 8 heteroatoms. The predicted octanol–water partition coefficient (Wildman–Crippen LogP) is 2.22. The molecule has 1 saturated carbocycles. The monoisotopic (exact) mass is 419 g/mol. The van der Waals surface area contributed by atoms with Gasteiger partial charge in [-0.05, 0) is 45.6 Å². The van der Waals surface area contributed by atoms with Crippen LogP contribution < -0.4 is 10.2 Å². The number of carbonyl (C=O) groups is 2. The number of hydrogen-bond donors (Lipinski definition) is 2. The average molecular weight is 420 g/mol. The lowest BCUT2D eigenvalue weighted by Crippen LogP contribution is -2.51. The van der Waals surface area contributed by atoms with Crippen LogP contribution in [0, 0.1) is 6.92 Å². The highest BCUT2D eigenvalue weighted by molar-refractivity contribution is 5.99. The first-order chi connectivity index (χ1) is 14.4. The normalized spacial score (nSPS) is 22.6. The predicted molar refractivity (Wildman–Crippen MR) is 113 cm³/mol. The van der Waals surface area contributed by atoms with E-state index >= 15 is 0 Å². The van der Waals surface area contributed by atoms with Gasteiger partial charge in [0.25, 0.3) is 0 Å². The topological polar surface area (TPSA) is 101 Å². The Bertz CT molecular complexity index is 761. The summed E-state index contributed by atoms with van der Waals surface area (Å²) >= 11 is 0. The number of nitrogens with one attached hydrogen (secondary N) is 1. The van der Waals surface area contributed by atoms with Crippen molar-refractivity contribution in [3.05, 3.63) is 22.9 Å². The SMILES string of the molecule is CCOC(=O)c1cc(C(=O)OC)c(C)nc1N1CCC(N[C@@H]2CCCC[C@@H]2O)CC1. The van der Waals surface area contributed by atoms with E-state index in [1.165, 1.54) is 13.2 Å². The molecule has 3 rings (SSSR count). The minimum Gasteiger partial charge on any atom is -0.465 e. The van der Waals surface area contributed by atoms with Gasteiger partial charge >= 0.3 is 11.9 Å². The number of esters is 2. The summed E-state index contributed by atoms with van der Waals surface area (Å²) in [5, 5.41) is 13.9. The fourth-order valence-electron chi connectivity index (χ4n) is 4.38. The van der Waals surface area contributed by atoms with Crippen LogP contribution in [-0.2, 0) is 9.47 Å². The molecule has 0 bridgehead atoms. The summed E-state index contributed by atoms with van der Waals surface area (Å²) in [6, 6.07) is 2.04. The van der Waals surface area contributed by atoms with Gasteiger partial charge in [-0.3, -0.25) is 0 Å². The smallest absolute Gasteiger partial charge is 0.341 e. The third-order valence-corrected chi connectivity index (χ3v) is 6.07. The van der Waals surface area contributed by atoms with E-state index in [1.807, 2.05) is 0 Å². The molecule has 1 saturated heterocycles. The van der Waals surface area contributed by atoms with Gasteiger partial charge in [0, 0.05) is 25.2 Å². The van der Waals surface area contributed by atoms with E-state index in [0.717, 1.165) is 51.6 Å². The van der Waals surface area contributed by atoms with Crippen molar-refractivity contribution in [1.29, 1.82) is 0 Å². The van der Waals surface area contributed by atoms with E-state index < -0.39 is 11.9 Å². The number of aryl methyl sites for hydroxylation is 1. The van der Waals surface area contributed by atoms with Crippen molar-refractivity contribution in [2.45, 2.75) is 70.6 Å².